The molecule has 0 aliphatic heterocycles. The smallest absolute Gasteiger partial charge is 0.322 e. The third-order valence-electron chi connectivity index (χ3n) is 2.28. The van der Waals surface area contributed by atoms with Crippen LogP contribution >= 0.6 is 0 Å². The van der Waals surface area contributed by atoms with E-state index in [1.54, 1.807) is 36.4 Å². The van der Waals surface area contributed by atoms with Gasteiger partial charge in [0.2, 0.25) is 5.39 Å². The van der Waals surface area contributed by atoms with E-state index in [0.717, 1.165) is 0 Å². The maximum Gasteiger partial charge on any atom is 0.385 e. The van der Waals surface area contributed by atoms with E-state index >= 15 is 0 Å². The summed E-state index contributed by atoms with van der Waals surface area (Å²) < 4.78 is 0. The van der Waals surface area contributed by atoms with Crippen LogP contribution in [-0.4, -0.2) is 5.91 Å². The number of nitrogens with one attached hydrogen (secondary N) is 1. The molecule has 17 heavy (non-hydrogen) atoms. The fourth-order valence-electron chi connectivity index (χ4n) is 1.40. The van der Waals surface area contributed by atoms with Crippen LogP contribution < -0.4 is 5.32 Å². The molecule has 0 aliphatic carbocycles. The van der Waals surface area contributed by atoms with Crippen LogP contribution in [0.3, 0.4) is 0 Å². The number of hydrogen-bond donors (Lipinski definition) is 1. The molecule has 0 heterocycles. The summed E-state index contributed by atoms with van der Waals surface area (Å²) in [7, 11) is 0. The van der Waals surface area contributed by atoms with E-state index in [9.17, 15) is 4.79 Å². The lowest BCUT2D eigenvalue weighted by Gasteiger charge is -2.03. The Kier molecular flexibility index (Phi) is 3.13. The summed E-state index contributed by atoms with van der Waals surface area (Å²) in [6, 6.07) is 15.5. The third kappa shape index (κ3) is 2.67. The van der Waals surface area contributed by atoms with Crippen molar-refractivity contribution in [1.29, 1.82) is 5.39 Å². The number of rotatable bonds is 2. The average Bonchev–Trinajstić information content (AvgIpc) is 2.40. The molecule has 2 aromatic rings. The van der Waals surface area contributed by atoms with E-state index in [4.69, 9.17) is 5.39 Å². The summed E-state index contributed by atoms with van der Waals surface area (Å²) in [5.74, 6) is -0.167. The summed E-state index contributed by atoms with van der Waals surface area (Å²) >= 11 is 0. The SMILES string of the molecule is N#[N+]c1ccc(NC(=O)c2ccccc2)cc1. The first kappa shape index (κ1) is 10.8. The van der Waals surface area contributed by atoms with E-state index in [0.29, 0.717) is 16.9 Å². The molecular formula is C13H10N3O+. The minimum atomic E-state index is -0.167. The Bertz CT molecular complexity index is 555. The monoisotopic (exact) mass is 224 g/mol. The van der Waals surface area contributed by atoms with E-state index in [1.807, 2.05) is 18.2 Å². The lowest BCUT2D eigenvalue weighted by molar-refractivity contribution is 0.102. The Morgan fingerprint density at radius 3 is 2.24 bits per heavy atom. The van der Waals surface area contributed by atoms with Gasteiger partial charge in [-0.1, -0.05) is 18.2 Å². The van der Waals surface area contributed by atoms with Gasteiger partial charge in [-0.25, -0.2) is 0 Å². The number of amides is 1. The normalized spacial score (nSPS) is 9.35. The van der Waals surface area contributed by atoms with Gasteiger partial charge in [0.05, 0.1) is 0 Å². The van der Waals surface area contributed by atoms with E-state index in [2.05, 4.69) is 10.3 Å². The first-order chi connectivity index (χ1) is 8.29. The molecule has 0 radical (unpaired) electrons. The molecule has 1 amide bonds. The Labute approximate surface area is 98.5 Å². The van der Waals surface area contributed by atoms with Crippen molar-refractivity contribution < 1.29 is 4.79 Å². The van der Waals surface area contributed by atoms with Crippen LogP contribution in [0.15, 0.2) is 54.6 Å². The molecule has 0 bridgehead atoms. The van der Waals surface area contributed by atoms with Gasteiger partial charge in [-0.2, -0.15) is 0 Å². The predicted octanol–water partition coefficient (Wildman–Crippen LogP) is 3.42. The van der Waals surface area contributed by atoms with Crippen molar-refractivity contribution in [3.05, 3.63) is 65.1 Å². The molecule has 0 saturated carbocycles. The predicted molar refractivity (Wildman–Crippen MR) is 65.6 cm³/mol. The largest absolute Gasteiger partial charge is 0.385 e. The molecule has 0 spiro atoms. The lowest BCUT2D eigenvalue weighted by Crippen LogP contribution is -2.11. The van der Waals surface area contributed by atoms with Gasteiger partial charge in [0, 0.05) is 23.4 Å². The molecule has 82 valence electrons. The minimum Gasteiger partial charge on any atom is -0.322 e. The minimum absolute atomic E-state index is 0.167. The summed E-state index contributed by atoms with van der Waals surface area (Å²) in [5.41, 5.74) is 1.71. The topological polar surface area (TPSA) is 57.2 Å². The second kappa shape index (κ2) is 4.90. The number of anilines is 1. The van der Waals surface area contributed by atoms with Gasteiger partial charge in [0.25, 0.3) is 5.91 Å². The molecule has 0 saturated heterocycles. The molecule has 1 N–H and O–H groups in total. The number of diazo groups is 1. The highest BCUT2D eigenvalue weighted by atomic mass is 16.1. The fourth-order valence-corrected chi connectivity index (χ4v) is 1.40. The molecule has 2 rings (SSSR count). The van der Waals surface area contributed by atoms with Crippen molar-refractivity contribution in [3.63, 3.8) is 0 Å². The standard InChI is InChI=1S/C13H9N3O/c14-16-12-8-6-11(7-9-12)15-13(17)10-4-2-1-3-5-10/h1-9H/p+1. The zero-order chi connectivity index (χ0) is 12.1. The van der Waals surface area contributed by atoms with Crippen molar-refractivity contribution in [2.75, 3.05) is 5.32 Å². The van der Waals surface area contributed by atoms with E-state index < -0.39 is 0 Å². The molecule has 2 aromatic carbocycles. The summed E-state index contributed by atoms with van der Waals surface area (Å²) in [6.45, 7) is 0. The van der Waals surface area contributed by atoms with Crippen molar-refractivity contribution in [3.8, 4) is 0 Å². The van der Waals surface area contributed by atoms with Crippen LogP contribution in [-0.2, 0) is 0 Å². The molecule has 0 aromatic heterocycles. The van der Waals surface area contributed by atoms with Crippen LogP contribution in [0.4, 0.5) is 11.4 Å². The Morgan fingerprint density at radius 2 is 1.65 bits per heavy atom. The average molecular weight is 224 g/mol. The molecule has 0 fully saturated rings. The third-order valence-corrected chi connectivity index (χ3v) is 2.28. The molecule has 4 heteroatoms. The first-order valence-corrected chi connectivity index (χ1v) is 5.11. The number of hydrogen-bond acceptors (Lipinski definition) is 2. The highest BCUT2D eigenvalue weighted by Crippen LogP contribution is 2.16. The molecule has 4 nitrogen and oxygen atoms in total. The van der Waals surface area contributed by atoms with Crippen molar-refractivity contribution >= 4 is 17.3 Å². The first-order valence-electron chi connectivity index (χ1n) is 5.11. The van der Waals surface area contributed by atoms with Crippen molar-refractivity contribution in [1.82, 2.24) is 0 Å². The number of nitrogens with zero attached hydrogens (tertiary/aromatic N) is 2. The van der Waals surface area contributed by atoms with Gasteiger partial charge in [-0.3, -0.25) is 4.79 Å². The Balaban J connectivity index is 2.11. The van der Waals surface area contributed by atoms with Crippen LogP contribution in [0.25, 0.3) is 4.98 Å². The number of carbonyl (C=O) groups is 1. The Morgan fingerprint density at radius 1 is 1.00 bits per heavy atom. The van der Waals surface area contributed by atoms with Gasteiger partial charge in [-0.15, -0.1) is 0 Å². The van der Waals surface area contributed by atoms with Crippen LogP contribution in [0.5, 0.6) is 0 Å². The maximum absolute atomic E-state index is 11.8. The van der Waals surface area contributed by atoms with E-state index in [1.165, 1.54) is 0 Å². The zero-order valence-corrected chi connectivity index (χ0v) is 9.00. The summed E-state index contributed by atoms with van der Waals surface area (Å²) in [5, 5.41) is 11.3. The second-order valence-corrected chi connectivity index (χ2v) is 3.47. The number of benzene rings is 2. The lowest BCUT2D eigenvalue weighted by atomic mass is 10.2. The molecule has 0 unspecified atom stereocenters. The summed E-state index contributed by atoms with van der Waals surface area (Å²) in [6.07, 6.45) is 0. The highest BCUT2D eigenvalue weighted by molar-refractivity contribution is 6.04. The Hall–Kier alpha value is -2.67. The highest BCUT2D eigenvalue weighted by Gasteiger charge is 2.07. The van der Waals surface area contributed by atoms with Crippen LogP contribution in [0, 0.1) is 5.39 Å². The summed E-state index contributed by atoms with van der Waals surface area (Å²) in [4.78, 5) is 14.8. The van der Waals surface area contributed by atoms with Gasteiger partial charge in [0.1, 0.15) is 0 Å². The van der Waals surface area contributed by atoms with Crippen LogP contribution in [0.2, 0.25) is 0 Å². The van der Waals surface area contributed by atoms with Gasteiger partial charge >= 0.3 is 5.69 Å². The van der Waals surface area contributed by atoms with Gasteiger partial charge in [0.15, 0.2) is 4.98 Å². The second-order valence-electron chi connectivity index (χ2n) is 3.47. The quantitative estimate of drug-likeness (QED) is 0.794. The fraction of sp³-hybridized carbons (Fsp3) is 0. The number of carbonyl (C=O) groups excluding carboxylic acids is 1. The van der Waals surface area contributed by atoms with Crippen molar-refractivity contribution in [2.45, 2.75) is 0 Å². The van der Waals surface area contributed by atoms with Crippen molar-refractivity contribution in [2.24, 2.45) is 0 Å². The van der Waals surface area contributed by atoms with E-state index in [-0.39, 0.29) is 5.91 Å². The molecular weight excluding hydrogens is 214 g/mol. The van der Waals surface area contributed by atoms with Gasteiger partial charge < -0.3 is 5.32 Å². The van der Waals surface area contributed by atoms with Crippen LogP contribution in [0.1, 0.15) is 10.4 Å². The zero-order valence-electron chi connectivity index (χ0n) is 9.00. The van der Waals surface area contributed by atoms with Gasteiger partial charge in [-0.05, 0) is 24.3 Å². The molecule has 0 aliphatic rings. The molecule has 0 atom stereocenters. The maximum atomic E-state index is 11.8.